The van der Waals surface area contributed by atoms with Crippen LogP contribution in [0.1, 0.15) is 113 Å². The van der Waals surface area contributed by atoms with Gasteiger partial charge in [-0.05, 0) is 94.2 Å². The molecular formula is C45H58O6. The molecule has 4 aromatic rings. The lowest BCUT2D eigenvalue weighted by atomic mass is 9.84. The normalized spacial score (nSPS) is 12.6. The molecule has 1 N–H and O–H groups in total. The highest BCUT2D eigenvalue weighted by Crippen LogP contribution is 2.29. The van der Waals surface area contributed by atoms with Gasteiger partial charge in [-0.1, -0.05) is 128 Å². The quantitative estimate of drug-likeness (QED) is 0.132. The summed E-state index contributed by atoms with van der Waals surface area (Å²) in [5, 5.41) is 9.66. The van der Waals surface area contributed by atoms with Crippen LogP contribution in [0.3, 0.4) is 0 Å². The fraction of sp³-hybridized carbons (Fsp3) is 0.422. The van der Waals surface area contributed by atoms with Crippen molar-refractivity contribution in [3.05, 3.63) is 130 Å². The first-order valence-electron chi connectivity index (χ1n) is 18.1. The Balaban J connectivity index is 0.000000276. The first kappa shape index (κ1) is 40.8. The molecular weight excluding hydrogens is 636 g/mol. The SMILES string of the molecule is CCCOc1ccc(CC(C(=O)O)c2ccc(C(C)(C)C)cc2)cc1.CCCOc1ccc(CC(C(=O)OC)c2ccc(C(C)(C)C)cc2)cc1. The molecule has 0 aromatic heterocycles. The van der Waals surface area contributed by atoms with Gasteiger partial charge in [-0.15, -0.1) is 0 Å². The van der Waals surface area contributed by atoms with E-state index in [1.165, 1.54) is 18.2 Å². The van der Waals surface area contributed by atoms with Crippen molar-refractivity contribution in [2.24, 2.45) is 0 Å². The molecule has 51 heavy (non-hydrogen) atoms. The Kier molecular flexibility index (Phi) is 15.3. The highest BCUT2D eigenvalue weighted by molar-refractivity contribution is 5.78. The number of methoxy groups -OCH3 is 1. The number of esters is 1. The zero-order valence-corrected chi connectivity index (χ0v) is 32.1. The van der Waals surface area contributed by atoms with Crippen LogP contribution in [0.2, 0.25) is 0 Å². The van der Waals surface area contributed by atoms with Crippen molar-refractivity contribution in [3.8, 4) is 11.5 Å². The predicted molar refractivity (Wildman–Crippen MR) is 207 cm³/mol. The van der Waals surface area contributed by atoms with E-state index in [1.54, 1.807) is 0 Å². The Bertz CT molecular complexity index is 1620. The Hall–Kier alpha value is -4.58. The van der Waals surface area contributed by atoms with Crippen molar-refractivity contribution >= 4 is 11.9 Å². The second-order valence-corrected chi connectivity index (χ2v) is 15.1. The van der Waals surface area contributed by atoms with Crippen LogP contribution in [0.4, 0.5) is 0 Å². The van der Waals surface area contributed by atoms with Crippen molar-refractivity contribution < 1.29 is 28.9 Å². The zero-order chi connectivity index (χ0) is 37.6. The van der Waals surface area contributed by atoms with Crippen molar-refractivity contribution in [1.29, 1.82) is 0 Å². The van der Waals surface area contributed by atoms with Gasteiger partial charge in [0.25, 0.3) is 0 Å². The van der Waals surface area contributed by atoms with Gasteiger partial charge in [-0.2, -0.15) is 0 Å². The molecule has 4 rings (SSSR count). The van der Waals surface area contributed by atoms with E-state index in [2.05, 4.69) is 67.5 Å². The summed E-state index contributed by atoms with van der Waals surface area (Å²) in [4.78, 5) is 24.1. The fourth-order valence-electron chi connectivity index (χ4n) is 5.61. The first-order valence-corrected chi connectivity index (χ1v) is 18.1. The highest BCUT2D eigenvalue weighted by atomic mass is 16.5. The molecule has 0 spiro atoms. The highest BCUT2D eigenvalue weighted by Gasteiger charge is 2.24. The van der Waals surface area contributed by atoms with Gasteiger partial charge in [-0.3, -0.25) is 9.59 Å². The van der Waals surface area contributed by atoms with Gasteiger partial charge in [0.2, 0.25) is 0 Å². The summed E-state index contributed by atoms with van der Waals surface area (Å²) >= 11 is 0. The molecule has 0 heterocycles. The van der Waals surface area contributed by atoms with Crippen LogP contribution in [0.5, 0.6) is 11.5 Å². The topological polar surface area (TPSA) is 82.1 Å². The monoisotopic (exact) mass is 694 g/mol. The van der Waals surface area contributed by atoms with E-state index in [9.17, 15) is 14.7 Å². The minimum Gasteiger partial charge on any atom is -0.494 e. The molecule has 0 bridgehead atoms. The van der Waals surface area contributed by atoms with Gasteiger partial charge in [0.05, 0.1) is 32.2 Å². The van der Waals surface area contributed by atoms with E-state index in [-0.39, 0.29) is 22.7 Å². The van der Waals surface area contributed by atoms with E-state index in [0.29, 0.717) is 26.1 Å². The molecule has 6 heteroatoms. The summed E-state index contributed by atoms with van der Waals surface area (Å²) < 4.78 is 16.2. The number of carbonyl (C=O) groups excluding carboxylic acids is 1. The fourth-order valence-corrected chi connectivity index (χ4v) is 5.61. The summed E-state index contributed by atoms with van der Waals surface area (Å²) in [6, 6.07) is 31.9. The summed E-state index contributed by atoms with van der Waals surface area (Å²) in [5.74, 6) is -0.172. The molecule has 0 radical (unpaired) electrons. The lowest BCUT2D eigenvalue weighted by Crippen LogP contribution is -2.17. The summed E-state index contributed by atoms with van der Waals surface area (Å²) in [5.41, 5.74) is 6.52. The van der Waals surface area contributed by atoms with Gasteiger partial charge in [0.1, 0.15) is 11.5 Å². The number of benzene rings is 4. The van der Waals surface area contributed by atoms with Crippen molar-refractivity contribution in [1.82, 2.24) is 0 Å². The second-order valence-electron chi connectivity index (χ2n) is 15.1. The molecule has 0 amide bonds. The third kappa shape index (κ3) is 12.9. The van der Waals surface area contributed by atoms with Crippen LogP contribution in [0.25, 0.3) is 0 Å². The minimum absolute atomic E-state index is 0.0611. The number of carboxylic acids is 1. The average molecular weight is 695 g/mol. The van der Waals surface area contributed by atoms with Gasteiger partial charge in [0.15, 0.2) is 0 Å². The maximum atomic E-state index is 12.4. The Morgan fingerprint density at radius 2 is 0.922 bits per heavy atom. The molecule has 2 atom stereocenters. The van der Waals surface area contributed by atoms with E-state index < -0.39 is 11.9 Å². The van der Waals surface area contributed by atoms with Crippen LogP contribution >= 0.6 is 0 Å². The summed E-state index contributed by atoms with van der Waals surface area (Å²) in [6.45, 7) is 18.6. The standard InChI is InChI=1S/C23H30O3.C22H28O3/c1-6-15-26-20-13-7-17(8-14-20)16-21(22(24)25-5)18-9-11-19(12-10-18)23(2,3)4;1-5-14-25-19-12-6-16(7-13-19)15-20(21(23)24)17-8-10-18(11-9-17)22(2,3)4/h7-14,21H,6,15-16H2,1-5H3;6-13,20H,5,14-15H2,1-4H3,(H,23,24). The molecule has 0 saturated heterocycles. The Morgan fingerprint density at radius 3 is 1.24 bits per heavy atom. The molecule has 0 aliphatic carbocycles. The minimum atomic E-state index is -0.796. The lowest BCUT2D eigenvalue weighted by Gasteiger charge is -2.21. The van der Waals surface area contributed by atoms with Gasteiger partial charge in [0, 0.05) is 0 Å². The number of hydrogen-bond donors (Lipinski definition) is 1. The number of rotatable bonds is 14. The lowest BCUT2D eigenvalue weighted by molar-refractivity contribution is -0.142. The third-order valence-corrected chi connectivity index (χ3v) is 8.81. The van der Waals surface area contributed by atoms with Gasteiger partial charge >= 0.3 is 11.9 Å². The molecule has 4 aromatic carbocycles. The predicted octanol–water partition coefficient (Wildman–Crippen LogP) is 10.5. The molecule has 0 aliphatic heterocycles. The third-order valence-electron chi connectivity index (χ3n) is 8.81. The average Bonchev–Trinajstić information content (AvgIpc) is 3.11. The Labute approximate surface area is 306 Å². The van der Waals surface area contributed by atoms with Crippen LogP contribution < -0.4 is 9.47 Å². The summed E-state index contributed by atoms with van der Waals surface area (Å²) in [6.07, 6.45) is 3.03. The zero-order valence-electron chi connectivity index (χ0n) is 32.1. The van der Waals surface area contributed by atoms with E-state index in [4.69, 9.17) is 14.2 Å². The van der Waals surface area contributed by atoms with E-state index >= 15 is 0 Å². The molecule has 0 saturated carbocycles. The maximum Gasteiger partial charge on any atom is 0.313 e. The first-order chi connectivity index (χ1) is 24.2. The largest absolute Gasteiger partial charge is 0.494 e. The number of aliphatic carboxylic acids is 1. The van der Waals surface area contributed by atoms with Gasteiger partial charge in [-0.25, -0.2) is 0 Å². The van der Waals surface area contributed by atoms with Gasteiger partial charge < -0.3 is 19.3 Å². The maximum absolute atomic E-state index is 12.4. The second kappa shape index (κ2) is 19.1. The van der Waals surface area contributed by atoms with Crippen molar-refractivity contribution in [2.75, 3.05) is 20.3 Å². The van der Waals surface area contributed by atoms with Crippen molar-refractivity contribution in [3.63, 3.8) is 0 Å². The van der Waals surface area contributed by atoms with E-state index in [0.717, 1.165) is 46.6 Å². The number of hydrogen-bond acceptors (Lipinski definition) is 5. The van der Waals surface area contributed by atoms with Crippen LogP contribution in [0, 0.1) is 0 Å². The van der Waals surface area contributed by atoms with E-state index in [1.807, 2.05) is 84.9 Å². The molecule has 2 unspecified atom stereocenters. The molecule has 274 valence electrons. The van der Waals surface area contributed by atoms with Crippen LogP contribution in [0.15, 0.2) is 97.1 Å². The number of carboxylic acid groups (broad SMARTS) is 1. The summed E-state index contributed by atoms with van der Waals surface area (Å²) in [7, 11) is 1.44. The van der Waals surface area contributed by atoms with Crippen molar-refractivity contribution in [2.45, 2.75) is 104 Å². The molecule has 6 nitrogen and oxygen atoms in total. The Morgan fingerprint density at radius 1 is 0.569 bits per heavy atom. The molecule has 0 aliphatic rings. The van der Waals surface area contributed by atoms with Crippen LogP contribution in [-0.2, 0) is 38.0 Å². The van der Waals surface area contributed by atoms with Crippen LogP contribution in [-0.4, -0.2) is 37.4 Å². The molecule has 0 fully saturated rings. The number of carbonyl (C=O) groups is 2. The smallest absolute Gasteiger partial charge is 0.313 e. The number of ether oxygens (including phenoxy) is 3.